The maximum absolute atomic E-state index is 12.3. The summed E-state index contributed by atoms with van der Waals surface area (Å²) in [4.78, 5) is 22.4. The third kappa shape index (κ3) is 3.42. The van der Waals surface area contributed by atoms with Crippen LogP contribution in [-0.2, 0) is 4.79 Å². The lowest BCUT2D eigenvalue weighted by Crippen LogP contribution is -2.57. The van der Waals surface area contributed by atoms with Crippen molar-refractivity contribution >= 4 is 11.9 Å². The molecule has 2 aromatic rings. The molecule has 2 heterocycles. The first-order chi connectivity index (χ1) is 10.7. The van der Waals surface area contributed by atoms with Crippen LogP contribution < -0.4 is 5.32 Å². The number of hydrogen-bond acceptors (Lipinski definition) is 4. The van der Waals surface area contributed by atoms with Crippen molar-refractivity contribution in [2.24, 2.45) is 0 Å². The van der Waals surface area contributed by atoms with E-state index in [1.807, 2.05) is 23.1 Å². The molecule has 0 bridgehead atoms. The van der Waals surface area contributed by atoms with Gasteiger partial charge in [0.25, 0.3) is 0 Å². The average Bonchev–Trinajstić information content (AvgIpc) is 2.52. The quantitative estimate of drug-likeness (QED) is 0.919. The Morgan fingerprint density at radius 3 is 2.59 bits per heavy atom. The first-order valence-corrected chi connectivity index (χ1v) is 7.58. The van der Waals surface area contributed by atoms with Gasteiger partial charge in [0, 0.05) is 31.9 Å². The van der Waals surface area contributed by atoms with E-state index >= 15 is 0 Å². The van der Waals surface area contributed by atoms with Crippen LogP contribution in [0.4, 0.5) is 5.95 Å². The van der Waals surface area contributed by atoms with E-state index in [9.17, 15) is 4.79 Å². The molecule has 5 heteroatoms. The molecule has 1 saturated heterocycles. The van der Waals surface area contributed by atoms with Crippen LogP contribution in [0.25, 0.3) is 0 Å². The van der Waals surface area contributed by atoms with Gasteiger partial charge in [-0.05, 0) is 17.5 Å². The molecule has 22 heavy (non-hydrogen) atoms. The molecule has 1 aliphatic heterocycles. The predicted molar refractivity (Wildman–Crippen MR) is 85.5 cm³/mol. The molecule has 114 valence electrons. The second kappa shape index (κ2) is 6.56. The topological polar surface area (TPSA) is 58.1 Å². The summed E-state index contributed by atoms with van der Waals surface area (Å²) in [5.41, 5.74) is 1.21. The van der Waals surface area contributed by atoms with E-state index in [0.29, 0.717) is 12.4 Å². The maximum Gasteiger partial charge on any atom is 0.223 e. The second-order valence-electron chi connectivity index (χ2n) is 5.73. The summed E-state index contributed by atoms with van der Waals surface area (Å²) in [6, 6.07) is 12.2. The molecule has 0 aliphatic carbocycles. The number of nitrogens with one attached hydrogen (secondary N) is 1. The Balaban J connectivity index is 1.45. The molecule has 0 saturated carbocycles. The lowest BCUT2D eigenvalue weighted by Gasteiger charge is -2.40. The van der Waals surface area contributed by atoms with Crippen LogP contribution in [0.5, 0.6) is 0 Å². The van der Waals surface area contributed by atoms with E-state index in [0.717, 1.165) is 13.1 Å². The van der Waals surface area contributed by atoms with Gasteiger partial charge in [0.05, 0.1) is 6.04 Å². The van der Waals surface area contributed by atoms with Gasteiger partial charge in [-0.15, -0.1) is 0 Å². The van der Waals surface area contributed by atoms with Crippen LogP contribution in [0.1, 0.15) is 24.8 Å². The Kier molecular flexibility index (Phi) is 4.32. The minimum atomic E-state index is 0.211. The lowest BCUT2D eigenvalue weighted by molar-refractivity contribution is -0.135. The monoisotopic (exact) mass is 296 g/mol. The van der Waals surface area contributed by atoms with Crippen molar-refractivity contribution in [1.29, 1.82) is 0 Å². The van der Waals surface area contributed by atoms with Crippen molar-refractivity contribution in [2.45, 2.75) is 25.3 Å². The molecule has 0 unspecified atom stereocenters. The summed E-state index contributed by atoms with van der Waals surface area (Å²) in [5.74, 6) is 1.08. The van der Waals surface area contributed by atoms with Crippen LogP contribution in [0, 0.1) is 0 Å². The third-order valence-electron chi connectivity index (χ3n) is 3.98. The van der Waals surface area contributed by atoms with Crippen LogP contribution in [0.3, 0.4) is 0 Å². The molecule has 1 aromatic carbocycles. The number of anilines is 1. The summed E-state index contributed by atoms with van der Waals surface area (Å²) in [5, 5.41) is 3.23. The number of carbonyl (C=O) groups is 1. The molecule has 3 rings (SSSR count). The highest BCUT2D eigenvalue weighted by atomic mass is 16.2. The molecule has 1 fully saturated rings. The van der Waals surface area contributed by atoms with Crippen LogP contribution in [-0.4, -0.2) is 39.9 Å². The first-order valence-electron chi connectivity index (χ1n) is 7.58. The molecule has 5 nitrogen and oxygen atoms in total. The van der Waals surface area contributed by atoms with E-state index in [2.05, 4.69) is 34.3 Å². The molecule has 1 N–H and O–H groups in total. The maximum atomic E-state index is 12.3. The van der Waals surface area contributed by atoms with Crippen molar-refractivity contribution < 1.29 is 4.79 Å². The number of hydrogen-bond donors (Lipinski definition) is 1. The zero-order valence-electron chi connectivity index (χ0n) is 12.6. The Hall–Kier alpha value is -2.43. The largest absolute Gasteiger partial charge is 0.348 e. The zero-order valence-corrected chi connectivity index (χ0v) is 12.6. The van der Waals surface area contributed by atoms with Gasteiger partial charge in [-0.1, -0.05) is 37.3 Å². The summed E-state index contributed by atoms with van der Waals surface area (Å²) >= 11 is 0. The normalized spacial score (nSPS) is 16.0. The van der Waals surface area contributed by atoms with E-state index in [1.54, 1.807) is 18.5 Å². The fourth-order valence-corrected chi connectivity index (χ4v) is 2.62. The van der Waals surface area contributed by atoms with Crippen LogP contribution in [0.2, 0.25) is 0 Å². The van der Waals surface area contributed by atoms with Crippen molar-refractivity contribution in [3.63, 3.8) is 0 Å². The highest BCUT2D eigenvalue weighted by Gasteiger charge is 2.31. The smallest absolute Gasteiger partial charge is 0.223 e. The molecule has 0 radical (unpaired) electrons. The molecule has 0 spiro atoms. The van der Waals surface area contributed by atoms with E-state index in [4.69, 9.17) is 0 Å². The van der Waals surface area contributed by atoms with Crippen molar-refractivity contribution in [2.75, 3.05) is 18.4 Å². The summed E-state index contributed by atoms with van der Waals surface area (Å²) < 4.78 is 0. The molecule has 1 aliphatic rings. The minimum Gasteiger partial charge on any atom is -0.348 e. The number of aromatic nitrogens is 2. The highest BCUT2D eigenvalue weighted by Crippen LogP contribution is 2.22. The van der Waals surface area contributed by atoms with Gasteiger partial charge in [0.1, 0.15) is 0 Å². The molecule has 1 atom stereocenters. The molecular formula is C17H20N4O. The number of carbonyl (C=O) groups excluding carboxylic acids is 1. The van der Waals surface area contributed by atoms with Gasteiger partial charge in [-0.2, -0.15) is 0 Å². The predicted octanol–water partition coefficient (Wildman–Crippen LogP) is 2.29. The van der Waals surface area contributed by atoms with E-state index in [1.165, 1.54) is 5.56 Å². The van der Waals surface area contributed by atoms with Gasteiger partial charge in [0.2, 0.25) is 11.9 Å². The number of likely N-dealkylation sites (tertiary alicyclic amines) is 1. The molecular weight excluding hydrogens is 276 g/mol. The fourth-order valence-electron chi connectivity index (χ4n) is 2.62. The standard InChI is InChI=1S/C17H20N4O/c1-13(14-6-3-2-4-7-14)10-16(22)21-11-15(12-21)20-17-18-8-5-9-19-17/h2-9,13,15H,10-12H2,1H3,(H,18,19,20)/t13-/m0/s1. The van der Waals surface area contributed by atoms with Gasteiger partial charge < -0.3 is 10.2 Å². The molecule has 1 aromatic heterocycles. The van der Waals surface area contributed by atoms with Crippen LogP contribution in [0.15, 0.2) is 48.8 Å². The number of benzene rings is 1. The Bertz CT molecular complexity index is 611. The zero-order chi connectivity index (χ0) is 15.4. The summed E-state index contributed by atoms with van der Waals surface area (Å²) in [6.07, 6.45) is 3.97. The Labute approximate surface area is 130 Å². The summed E-state index contributed by atoms with van der Waals surface area (Å²) in [7, 11) is 0. The molecule has 1 amide bonds. The average molecular weight is 296 g/mol. The van der Waals surface area contributed by atoms with Gasteiger partial charge in [0.15, 0.2) is 0 Å². The summed E-state index contributed by atoms with van der Waals surface area (Å²) in [6.45, 7) is 3.54. The fraction of sp³-hybridized carbons (Fsp3) is 0.353. The van der Waals surface area contributed by atoms with E-state index in [-0.39, 0.29) is 17.9 Å². The first kappa shape index (κ1) is 14.5. The highest BCUT2D eigenvalue weighted by molar-refractivity contribution is 5.78. The van der Waals surface area contributed by atoms with Crippen LogP contribution >= 0.6 is 0 Å². The number of nitrogens with zero attached hydrogens (tertiary/aromatic N) is 3. The number of rotatable bonds is 5. The third-order valence-corrected chi connectivity index (χ3v) is 3.98. The second-order valence-corrected chi connectivity index (χ2v) is 5.73. The SMILES string of the molecule is C[C@@H](CC(=O)N1CC(Nc2ncccn2)C1)c1ccccc1. The van der Waals surface area contributed by atoms with Gasteiger partial charge >= 0.3 is 0 Å². The van der Waals surface area contributed by atoms with Crippen molar-refractivity contribution in [3.05, 3.63) is 54.4 Å². The Morgan fingerprint density at radius 2 is 1.91 bits per heavy atom. The lowest BCUT2D eigenvalue weighted by atomic mass is 9.96. The van der Waals surface area contributed by atoms with Gasteiger partial charge in [-0.25, -0.2) is 9.97 Å². The number of amides is 1. The Morgan fingerprint density at radius 1 is 1.23 bits per heavy atom. The minimum absolute atomic E-state index is 0.211. The van der Waals surface area contributed by atoms with E-state index < -0.39 is 0 Å². The van der Waals surface area contributed by atoms with Gasteiger partial charge in [-0.3, -0.25) is 4.79 Å². The van der Waals surface area contributed by atoms with Crippen molar-refractivity contribution in [3.8, 4) is 0 Å². The van der Waals surface area contributed by atoms with Crippen molar-refractivity contribution in [1.82, 2.24) is 14.9 Å².